The van der Waals surface area contributed by atoms with Crippen LogP contribution in [0.4, 0.5) is 4.79 Å². The lowest BCUT2D eigenvalue weighted by atomic mass is 9.92. The molecule has 2 fully saturated rings. The molecule has 1 N–H and O–H groups in total. The van der Waals surface area contributed by atoms with Gasteiger partial charge in [-0.05, 0) is 30.2 Å². The number of azide groups is 1. The first kappa shape index (κ1) is 21.6. The van der Waals surface area contributed by atoms with Gasteiger partial charge in [-0.1, -0.05) is 25.9 Å². The van der Waals surface area contributed by atoms with Gasteiger partial charge in [0.1, 0.15) is 22.2 Å². The number of carbonyl (C=O) groups is 2. The zero-order valence-electron chi connectivity index (χ0n) is 15.9. The molecular weight excluding hydrogens is 348 g/mol. The number of carbonyl (C=O) groups excluding carboxylic acids is 2. The van der Waals surface area contributed by atoms with E-state index in [0.29, 0.717) is 12.8 Å². The molecule has 11 heteroatoms. The fourth-order valence-electron chi connectivity index (χ4n) is 3.55. The predicted octanol–water partition coefficient (Wildman–Crippen LogP) is 1.06. The molecule has 0 bridgehead atoms. The summed E-state index contributed by atoms with van der Waals surface area (Å²) in [6.07, 6.45) is 0.483. The van der Waals surface area contributed by atoms with E-state index in [4.69, 9.17) is 30.7 Å². The Morgan fingerprint density at radius 1 is 1.30 bits per heavy atom. The number of rotatable bonds is 6. The van der Waals surface area contributed by atoms with E-state index in [2.05, 4.69) is 15.3 Å². The van der Waals surface area contributed by atoms with Gasteiger partial charge < -0.3 is 14.8 Å². The summed E-state index contributed by atoms with van der Waals surface area (Å²) >= 11 is 0. The van der Waals surface area contributed by atoms with Crippen molar-refractivity contribution in [1.82, 2.24) is 10.2 Å². The van der Waals surface area contributed by atoms with Crippen molar-refractivity contribution in [2.24, 2.45) is 17.0 Å². The molecule has 3 amide bonds. The number of ether oxygens (including phenoxy) is 2. The van der Waals surface area contributed by atoms with Crippen molar-refractivity contribution >= 4 is 27.6 Å². The topological polar surface area (TPSA) is 117 Å². The predicted molar refractivity (Wildman–Crippen MR) is 100 cm³/mol. The number of amides is 3. The Morgan fingerprint density at radius 3 is 2.52 bits per heavy atom. The summed E-state index contributed by atoms with van der Waals surface area (Å²) < 4.78 is 11.3. The maximum atomic E-state index is 12.8. The Balaban J connectivity index is 2.10. The lowest BCUT2D eigenvalue weighted by Gasteiger charge is -2.29. The molecular formula is C16H25B2N5O4. The van der Waals surface area contributed by atoms with Crippen molar-refractivity contribution in [2.75, 3.05) is 13.1 Å². The van der Waals surface area contributed by atoms with Crippen LogP contribution in [0.1, 0.15) is 33.6 Å². The van der Waals surface area contributed by atoms with Crippen LogP contribution in [0.2, 0.25) is 0 Å². The molecule has 4 radical (unpaired) electrons. The molecule has 27 heavy (non-hydrogen) atoms. The van der Waals surface area contributed by atoms with E-state index < -0.39 is 30.5 Å². The Kier molecular flexibility index (Phi) is 7.58. The first-order chi connectivity index (χ1) is 12.7. The Bertz CT molecular complexity index is 601. The molecule has 9 nitrogen and oxygen atoms in total. The molecule has 2 heterocycles. The molecule has 2 aliphatic heterocycles. The number of nitrogens with zero attached hydrogens (tertiary/aromatic N) is 4. The minimum atomic E-state index is -0.606. The van der Waals surface area contributed by atoms with Crippen LogP contribution < -0.4 is 5.32 Å². The van der Waals surface area contributed by atoms with Gasteiger partial charge in [-0.2, -0.15) is 0 Å². The molecule has 144 valence electrons. The third kappa shape index (κ3) is 5.64. The molecule has 2 aliphatic rings. The summed E-state index contributed by atoms with van der Waals surface area (Å²) in [5.41, 5.74) is 8.47. The second-order valence-corrected chi connectivity index (χ2v) is 7.49. The van der Waals surface area contributed by atoms with Crippen molar-refractivity contribution in [3.63, 3.8) is 0 Å². The SMILES string of the molecule is [B]C1CC(C)C(CN(C(=O)CN=[N+]=[N-])C(=O)NC2CC([B])OC2C(C)C)O1. The van der Waals surface area contributed by atoms with Crippen LogP contribution in [0.3, 0.4) is 0 Å². The highest BCUT2D eigenvalue weighted by atomic mass is 16.5. The van der Waals surface area contributed by atoms with Crippen LogP contribution >= 0.6 is 0 Å². The number of hydrogen-bond donors (Lipinski definition) is 1. The van der Waals surface area contributed by atoms with Crippen LogP contribution in [0.15, 0.2) is 5.11 Å². The molecule has 2 rings (SSSR count). The van der Waals surface area contributed by atoms with Crippen molar-refractivity contribution < 1.29 is 19.1 Å². The average Bonchev–Trinajstić information content (AvgIpc) is 3.11. The van der Waals surface area contributed by atoms with Crippen LogP contribution in [-0.4, -0.2) is 75.9 Å². The average molecular weight is 373 g/mol. The first-order valence-corrected chi connectivity index (χ1v) is 9.16. The standard InChI is InChI=1S/C16H25B2N5O4/c1-8(2)15-10(5-13(18)27-15)21-16(25)23(14(24)6-20-22-19)7-11-9(3)4-12(17)26-11/h8-13,15H,4-7H2,1-3H3,(H,21,25). The monoisotopic (exact) mass is 373 g/mol. The first-order valence-electron chi connectivity index (χ1n) is 9.16. The quantitative estimate of drug-likeness (QED) is 0.324. The van der Waals surface area contributed by atoms with Crippen LogP contribution in [0, 0.1) is 11.8 Å². The molecule has 0 aromatic rings. The molecule has 6 unspecified atom stereocenters. The Hall–Kier alpha value is -1.70. The van der Waals surface area contributed by atoms with E-state index in [1.807, 2.05) is 20.8 Å². The maximum Gasteiger partial charge on any atom is 0.324 e. The molecule has 0 saturated carbocycles. The maximum absolute atomic E-state index is 12.8. The van der Waals surface area contributed by atoms with Gasteiger partial charge in [-0.25, -0.2) is 4.79 Å². The largest absolute Gasteiger partial charge is 0.383 e. The zero-order valence-corrected chi connectivity index (χ0v) is 15.9. The Labute approximate surface area is 161 Å². The van der Waals surface area contributed by atoms with E-state index >= 15 is 0 Å². The molecule has 0 aromatic heterocycles. The Morgan fingerprint density at radius 2 is 1.96 bits per heavy atom. The molecule has 6 atom stereocenters. The lowest BCUT2D eigenvalue weighted by molar-refractivity contribution is -0.128. The van der Waals surface area contributed by atoms with Crippen molar-refractivity contribution in [2.45, 2.75) is 63.9 Å². The van der Waals surface area contributed by atoms with E-state index in [1.54, 1.807) is 0 Å². The minimum absolute atomic E-state index is 0.0342. The number of hydrogen-bond acceptors (Lipinski definition) is 5. The summed E-state index contributed by atoms with van der Waals surface area (Å²) in [5, 5.41) is 6.11. The zero-order chi connectivity index (χ0) is 20.1. The van der Waals surface area contributed by atoms with E-state index in [1.165, 1.54) is 0 Å². The lowest BCUT2D eigenvalue weighted by Crippen LogP contribution is -2.53. The molecule has 2 saturated heterocycles. The highest BCUT2D eigenvalue weighted by molar-refractivity contribution is 6.11. The van der Waals surface area contributed by atoms with Crippen molar-refractivity contribution in [1.29, 1.82) is 0 Å². The smallest absolute Gasteiger partial charge is 0.324 e. The molecule has 0 aliphatic carbocycles. The third-order valence-electron chi connectivity index (χ3n) is 4.95. The second kappa shape index (κ2) is 9.48. The van der Waals surface area contributed by atoms with Crippen LogP contribution in [0.5, 0.6) is 0 Å². The fourth-order valence-corrected chi connectivity index (χ4v) is 3.55. The van der Waals surface area contributed by atoms with Gasteiger partial charge in [0, 0.05) is 16.9 Å². The minimum Gasteiger partial charge on any atom is -0.383 e. The number of urea groups is 1. The van der Waals surface area contributed by atoms with Crippen LogP contribution in [0.25, 0.3) is 10.4 Å². The van der Waals surface area contributed by atoms with Gasteiger partial charge in [0.15, 0.2) is 0 Å². The molecule has 0 spiro atoms. The second-order valence-electron chi connectivity index (χ2n) is 7.49. The van der Waals surface area contributed by atoms with Crippen LogP contribution in [-0.2, 0) is 14.3 Å². The normalized spacial score (nSPS) is 32.9. The van der Waals surface area contributed by atoms with E-state index in [0.717, 1.165) is 4.90 Å². The van der Waals surface area contributed by atoms with Crippen molar-refractivity contribution in [3.05, 3.63) is 10.4 Å². The van der Waals surface area contributed by atoms with Gasteiger partial charge in [0.25, 0.3) is 0 Å². The summed E-state index contributed by atoms with van der Waals surface area (Å²) in [7, 11) is 11.7. The van der Waals surface area contributed by atoms with Gasteiger partial charge in [0.05, 0.1) is 24.8 Å². The highest BCUT2D eigenvalue weighted by Gasteiger charge is 2.38. The third-order valence-corrected chi connectivity index (χ3v) is 4.95. The fraction of sp³-hybridized carbons (Fsp3) is 0.875. The highest BCUT2D eigenvalue weighted by Crippen LogP contribution is 2.27. The summed E-state index contributed by atoms with van der Waals surface area (Å²) in [6, 6.07) is -1.79. The van der Waals surface area contributed by atoms with E-state index in [9.17, 15) is 9.59 Å². The van der Waals surface area contributed by atoms with Gasteiger partial charge in [-0.3, -0.25) is 9.69 Å². The van der Waals surface area contributed by atoms with E-state index in [-0.39, 0.29) is 36.6 Å². The van der Waals surface area contributed by atoms with Crippen molar-refractivity contribution in [3.8, 4) is 0 Å². The molecule has 0 aromatic carbocycles. The van der Waals surface area contributed by atoms with Gasteiger partial charge in [0.2, 0.25) is 5.91 Å². The summed E-state index contributed by atoms with van der Waals surface area (Å²) in [6.45, 7) is 5.48. The number of nitrogens with one attached hydrogen (secondary N) is 1. The summed E-state index contributed by atoms with van der Waals surface area (Å²) in [4.78, 5) is 28.9. The number of imide groups is 1. The van der Waals surface area contributed by atoms with Gasteiger partial charge >= 0.3 is 6.03 Å². The summed E-state index contributed by atoms with van der Waals surface area (Å²) in [5.74, 6) is -0.368. The van der Waals surface area contributed by atoms with Gasteiger partial charge in [-0.15, -0.1) is 0 Å².